The van der Waals surface area contributed by atoms with Gasteiger partial charge in [-0.15, -0.1) is 0 Å². The van der Waals surface area contributed by atoms with Gasteiger partial charge >= 0.3 is 0 Å². The van der Waals surface area contributed by atoms with Gasteiger partial charge in [-0.1, -0.05) is 0 Å². The van der Waals surface area contributed by atoms with Gasteiger partial charge in [0.25, 0.3) is 0 Å². The Morgan fingerprint density at radius 3 is 2.65 bits per heavy atom. The molecule has 1 aliphatic rings. The Morgan fingerprint density at radius 2 is 2.10 bits per heavy atom. The SMILES string of the molecule is CS(=O)(=O)N1CCC(C(=O)Nc2ncccc2O)CC1. The highest BCUT2D eigenvalue weighted by Gasteiger charge is 2.29. The van der Waals surface area contributed by atoms with Crippen molar-refractivity contribution in [3.8, 4) is 5.75 Å². The minimum atomic E-state index is -3.19. The van der Waals surface area contributed by atoms with Crippen molar-refractivity contribution in [1.82, 2.24) is 9.29 Å². The molecule has 0 spiro atoms. The van der Waals surface area contributed by atoms with Gasteiger partial charge in [0.1, 0.15) is 0 Å². The molecule has 0 saturated carbocycles. The van der Waals surface area contributed by atoms with Gasteiger partial charge in [0, 0.05) is 25.2 Å². The van der Waals surface area contributed by atoms with Crippen LogP contribution in [0.15, 0.2) is 18.3 Å². The standard InChI is InChI=1S/C12H17N3O4S/c1-20(18,19)15-7-4-9(5-8-15)12(17)14-11-10(16)3-2-6-13-11/h2-3,6,9,16H,4-5,7-8H2,1H3,(H,13,14,17). The van der Waals surface area contributed by atoms with E-state index in [4.69, 9.17) is 0 Å². The van der Waals surface area contributed by atoms with Crippen LogP contribution in [0.3, 0.4) is 0 Å². The second-order valence-corrected chi connectivity index (χ2v) is 6.78. The quantitative estimate of drug-likeness (QED) is 0.841. The molecule has 1 saturated heterocycles. The molecule has 0 aromatic carbocycles. The van der Waals surface area contributed by atoms with Gasteiger partial charge < -0.3 is 10.4 Å². The number of hydrogen-bond acceptors (Lipinski definition) is 5. The molecule has 20 heavy (non-hydrogen) atoms. The van der Waals surface area contributed by atoms with Crippen LogP contribution >= 0.6 is 0 Å². The van der Waals surface area contributed by atoms with Crippen molar-refractivity contribution in [2.24, 2.45) is 5.92 Å². The molecule has 2 rings (SSSR count). The molecule has 7 nitrogen and oxygen atoms in total. The fraction of sp³-hybridized carbons (Fsp3) is 0.500. The van der Waals surface area contributed by atoms with Gasteiger partial charge in [0.05, 0.1) is 6.26 Å². The zero-order valence-electron chi connectivity index (χ0n) is 11.1. The summed E-state index contributed by atoms with van der Waals surface area (Å²) in [5.41, 5.74) is 0. The average molecular weight is 299 g/mol. The maximum atomic E-state index is 12.0. The number of sulfonamides is 1. The molecular weight excluding hydrogens is 282 g/mol. The number of hydrogen-bond donors (Lipinski definition) is 2. The molecule has 0 atom stereocenters. The van der Waals surface area contributed by atoms with E-state index in [2.05, 4.69) is 10.3 Å². The highest BCUT2D eigenvalue weighted by atomic mass is 32.2. The second kappa shape index (κ2) is 5.76. The van der Waals surface area contributed by atoms with E-state index in [0.717, 1.165) is 0 Å². The topological polar surface area (TPSA) is 99.6 Å². The Balaban J connectivity index is 1.94. The van der Waals surface area contributed by atoms with Gasteiger partial charge in [-0.25, -0.2) is 17.7 Å². The van der Waals surface area contributed by atoms with E-state index in [0.29, 0.717) is 25.9 Å². The summed E-state index contributed by atoms with van der Waals surface area (Å²) in [4.78, 5) is 15.9. The third-order valence-corrected chi connectivity index (χ3v) is 4.62. The molecule has 110 valence electrons. The van der Waals surface area contributed by atoms with Gasteiger partial charge in [-0.3, -0.25) is 4.79 Å². The Hall–Kier alpha value is -1.67. The van der Waals surface area contributed by atoms with Crippen molar-refractivity contribution in [3.05, 3.63) is 18.3 Å². The van der Waals surface area contributed by atoms with E-state index in [-0.39, 0.29) is 23.4 Å². The Kier molecular flexibility index (Phi) is 4.24. The van der Waals surface area contributed by atoms with E-state index in [1.165, 1.54) is 22.8 Å². The van der Waals surface area contributed by atoms with Crippen LogP contribution in [-0.2, 0) is 14.8 Å². The highest BCUT2D eigenvalue weighted by molar-refractivity contribution is 7.88. The van der Waals surface area contributed by atoms with Gasteiger partial charge in [-0.2, -0.15) is 0 Å². The molecule has 0 unspecified atom stereocenters. The third kappa shape index (κ3) is 3.45. The molecule has 2 heterocycles. The summed E-state index contributed by atoms with van der Waals surface area (Å²) in [6.07, 6.45) is 3.57. The highest BCUT2D eigenvalue weighted by Crippen LogP contribution is 2.23. The number of carbonyl (C=O) groups excluding carboxylic acids is 1. The maximum absolute atomic E-state index is 12.0. The van der Waals surface area contributed by atoms with Crippen molar-refractivity contribution in [2.45, 2.75) is 12.8 Å². The molecule has 0 radical (unpaired) electrons. The van der Waals surface area contributed by atoms with Crippen LogP contribution in [0, 0.1) is 5.92 Å². The fourth-order valence-electron chi connectivity index (χ4n) is 2.16. The lowest BCUT2D eigenvalue weighted by Crippen LogP contribution is -2.40. The summed E-state index contributed by atoms with van der Waals surface area (Å²) >= 11 is 0. The zero-order valence-corrected chi connectivity index (χ0v) is 11.9. The van der Waals surface area contributed by atoms with Crippen molar-refractivity contribution < 1.29 is 18.3 Å². The molecule has 0 aliphatic carbocycles. The monoisotopic (exact) mass is 299 g/mol. The average Bonchev–Trinajstić information content (AvgIpc) is 2.40. The number of nitrogens with one attached hydrogen (secondary N) is 1. The van der Waals surface area contributed by atoms with Crippen LogP contribution < -0.4 is 5.32 Å². The summed E-state index contributed by atoms with van der Waals surface area (Å²) in [5.74, 6) is -0.473. The molecule has 1 aliphatic heterocycles. The molecule has 1 fully saturated rings. The van der Waals surface area contributed by atoms with Crippen molar-refractivity contribution in [2.75, 3.05) is 24.7 Å². The van der Waals surface area contributed by atoms with Crippen LogP contribution in [0.4, 0.5) is 5.82 Å². The van der Waals surface area contributed by atoms with Gasteiger partial charge in [-0.05, 0) is 25.0 Å². The van der Waals surface area contributed by atoms with Crippen LogP contribution in [0.2, 0.25) is 0 Å². The van der Waals surface area contributed by atoms with Crippen molar-refractivity contribution in [3.63, 3.8) is 0 Å². The number of carbonyl (C=O) groups is 1. The number of aromatic nitrogens is 1. The minimum absolute atomic E-state index is 0.0885. The number of amides is 1. The fourth-order valence-corrected chi connectivity index (χ4v) is 3.04. The lowest BCUT2D eigenvalue weighted by molar-refractivity contribution is -0.120. The number of anilines is 1. The zero-order chi connectivity index (χ0) is 14.8. The lowest BCUT2D eigenvalue weighted by atomic mass is 9.97. The molecule has 2 N–H and O–H groups in total. The first-order chi connectivity index (χ1) is 9.38. The van der Waals surface area contributed by atoms with E-state index in [9.17, 15) is 18.3 Å². The number of aromatic hydroxyl groups is 1. The molecule has 1 aromatic heterocycles. The number of piperidine rings is 1. The normalized spacial score (nSPS) is 17.9. The summed E-state index contributed by atoms with van der Waals surface area (Å²) in [7, 11) is -3.19. The number of rotatable bonds is 3. The lowest BCUT2D eigenvalue weighted by Gasteiger charge is -2.29. The molecule has 8 heteroatoms. The summed E-state index contributed by atoms with van der Waals surface area (Å²) < 4.78 is 24.1. The number of pyridine rings is 1. The smallest absolute Gasteiger partial charge is 0.228 e. The summed E-state index contributed by atoms with van der Waals surface area (Å²) in [6, 6.07) is 3.00. The van der Waals surface area contributed by atoms with E-state index in [1.807, 2.05) is 0 Å². The predicted octanol–water partition coefficient (Wildman–Crippen LogP) is 0.397. The van der Waals surface area contributed by atoms with E-state index in [1.54, 1.807) is 6.07 Å². The molecule has 0 bridgehead atoms. The number of nitrogens with zero attached hydrogens (tertiary/aromatic N) is 2. The van der Waals surface area contributed by atoms with Crippen molar-refractivity contribution in [1.29, 1.82) is 0 Å². The minimum Gasteiger partial charge on any atom is -0.504 e. The van der Waals surface area contributed by atoms with E-state index < -0.39 is 10.0 Å². The predicted molar refractivity (Wildman–Crippen MR) is 73.7 cm³/mol. The Morgan fingerprint density at radius 1 is 1.45 bits per heavy atom. The van der Waals surface area contributed by atoms with Crippen LogP contribution in [0.25, 0.3) is 0 Å². The first kappa shape index (κ1) is 14.7. The maximum Gasteiger partial charge on any atom is 0.228 e. The van der Waals surface area contributed by atoms with Crippen LogP contribution in [0.1, 0.15) is 12.8 Å². The Bertz CT molecular complexity index is 594. The van der Waals surface area contributed by atoms with Crippen molar-refractivity contribution >= 4 is 21.7 Å². The third-order valence-electron chi connectivity index (χ3n) is 3.32. The summed E-state index contributed by atoms with van der Waals surface area (Å²) in [6.45, 7) is 0.677. The molecular formula is C12H17N3O4S. The van der Waals surface area contributed by atoms with Gasteiger partial charge in [0.15, 0.2) is 11.6 Å². The summed E-state index contributed by atoms with van der Waals surface area (Å²) in [5, 5.41) is 12.1. The van der Waals surface area contributed by atoms with E-state index >= 15 is 0 Å². The first-order valence-electron chi connectivity index (χ1n) is 6.28. The Labute approximate surface area is 117 Å². The molecule has 1 aromatic rings. The van der Waals surface area contributed by atoms with Crippen LogP contribution in [0.5, 0.6) is 5.75 Å². The molecule has 1 amide bonds. The largest absolute Gasteiger partial charge is 0.504 e. The van der Waals surface area contributed by atoms with Gasteiger partial charge in [0.2, 0.25) is 15.9 Å². The van der Waals surface area contributed by atoms with Crippen LogP contribution in [-0.4, -0.2) is 48.1 Å². The second-order valence-electron chi connectivity index (χ2n) is 4.80. The first-order valence-corrected chi connectivity index (χ1v) is 8.12.